The maximum absolute atomic E-state index is 12.6. The molecule has 0 saturated carbocycles. The number of thiophene rings is 1. The first kappa shape index (κ1) is 16.5. The van der Waals surface area contributed by atoms with Gasteiger partial charge < -0.3 is 4.90 Å². The van der Waals surface area contributed by atoms with E-state index in [-0.39, 0.29) is 0 Å². The topological polar surface area (TPSA) is 23.6 Å². The first-order valence-corrected chi connectivity index (χ1v) is 9.06. The van der Waals surface area contributed by atoms with Crippen molar-refractivity contribution in [3.8, 4) is 0 Å². The number of anilines is 1. The van der Waals surface area contributed by atoms with Crippen molar-refractivity contribution in [2.24, 2.45) is 0 Å². The highest BCUT2D eigenvalue weighted by Gasteiger charge is 2.30. The van der Waals surface area contributed by atoms with Crippen molar-refractivity contribution < 1.29 is 17.4 Å². The number of benzene rings is 1. The van der Waals surface area contributed by atoms with Crippen molar-refractivity contribution >= 4 is 28.0 Å². The minimum Gasteiger partial charge on any atom is -0.369 e. The molecule has 3 nitrogen and oxygen atoms in total. The highest BCUT2D eigenvalue weighted by atomic mass is 32.2. The van der Waals surface area contributed by atoms with Crippen molar-refractivity contribution in [3.05, 3.63) is 47.3 Å². The molecule has 1 aromatic heterocycles. The maximum Gasteiger partial charge on any atom is 0.416 e. The average Bonchev–Trinajstić information content (AvgIpc) is 3.08. The first-order chi connectivity index (χ1) is 10.9. The zero-order valence-electron chi connectivity index (χ0n) is 12.1. The van der Waals surface area contributed by atoms with Gasteiger partial charge in [-0.05, 0) is 35.7 Å². The standard InChI is InChI=1S/C15H15F3N2OS2/c16-15(17,18)12-3-5-13(6-4-12)19-7-9-20(10-8-19)23(21)14-2-1-11-22-14/h1-6,11H,7-10H2. The van der Waals surface area contributed by atoms with E-state index in [1.165, 1.54) is 23.5 Å². The van der Waals surface area contributed by atoms with Gasteiger partial charge in [0.15, 0.2) is 0 Å². The fourth-order valence-electron chi connectivity index (χ4n) is 2.46. The molecule has 0 radical (unpaired) electrons. The van der Waals surface area contributed by atoms with E-state index in [1.54, 1.807) is 0 Å². The van der Waals surface area contributed by atoms with Crippen LogP contribution in [0.1, 0.15) is 5.56 Å². The third kappa shape index (κ3) is 3.76. The van der Waals surface area contributed by atoms with E-state index in [9.17, 15) is 17.4 Å². The normalized spacial score (nSPS) is 18.1. The summed E-state index contributed by atoms with van der Waals surface area (Å²) in [7, 11) is -1.15. The molecule has 1 atom stereocenters. The van der Waals surface area contributed by atoms with Crippen LogP contribution < -0.4 is 4.90 Å². The van der Waals surface area contributed by atoms with Crippen molar-refractivity contribution in [2.75, 3.05) is 31.1 Å². The van der Waals surface area contributed by atoms with Crippen LogP contribution in [0.2, 0.25) is 0 Å². The number of hydrogen-bond acceptors (Lipinski definition) is 3. The molecule has 23 heavy (non-hydrogen) atoms. The van der Waals surface area contributed by atoms with Gasteiger partial charge in [-0.25, -0.2) is 8.51 Å². The third-order valence-corrected chi connectivity index (χ3v) is 6.39. The Morgan fingerprint density at radius 1 is 1.00 bits per heavy atom. The minimum atomic E-state index is -4.31. The molecule has 124 valence electrons. The summed E-state index contributed by atoms with van der Waals surface area (Å²) in [6, 6.07) is 8.92. The summed E-state index contributed by atoms with van der Waals surface area (Å²) in [5, 5.41) is 1.89. The largest absolute Gasteiger partial charge is 0.416 e. The highest BCUT2D eigenvalue weighted by Crippen LogP contribution is 2.30. The summed E-state index contributed by atoms with van der Waals surface area (Å²) in [5.74, 6) is 0. The summed E-state index contributed by atoms with van der Waals surface area (Å²) in [5.41, 5.74) is 0.123. The second-order valence-electron chi connectivity index (χ2n) is 5.14. The van der Waals surface area contributed by atoms with Gasteiger partial charge in [0.25, 0.3) is 0 Å². The molecule has 1 fully saturated rings. The first-order valence-electron chi connectivity index (χ1n) is 7.08. The molecule has 8 heteroatoms. The lowest BCUT2D eigenvalue weighted by molar-refractivity contribution is -0.137. The van der Waals surface area contributed by atoms with Gasteiger partial charge >= 0.3 is 6.18 Å². The molecule has 2 aromatic rings. The van der Waals surface area contributed by atoms with Crippen LogP contribution in [0.25, 0.3) is 0 Å². The predicted molar refractivity (Wildman–Crippen MR) is 86.0 cm³/mol. The number of hydrogen-bond donors (Lipinski definition) is 0. The van der Waals surface area contributed by atoms with Crippen LogP contribution in [0.15, 0.2) is 46.0 Å². The lowest BCUT2D eigenvalue weighted by Crippen LogP contribution is -2.46. The van der Waals surface area contributed by atoms with E-state index < -0.39 is 22.7 Å². The van der Waals surface area contributed by atoms with Crippen molar-refractivity contribution in [3.63, 3.8) is 0 Å². The Bertz CT molecular complexity index is 663. The van der Waals surface area contributed by atoms with E-state index in [0.717, 1.165) is 22.0 Å². The Balaban J connectivity index is 1.62. The average molecular weight is 360 g/mol. The molecule has 1 aliphatic heterocycles. The van der Waals surface area contributed by atoms with Gasteiger partial charge in [0.05, 0.1) is 5.56 Å². The fraction of sp³-hybridized carbons (Fsp3) is 0.333. The molecular weight excluding hydrogens is 345 g/mol. The van der Waals surface area contributed by atoms with Gasteiger partial charge in [0.1, 0.15) is 15.2 Å². The van der Waals surface area contributed by atoms with Crippen LogP contribution in [0.4, 0.5) is 18.9 Å². The molecule has 0 bridgehead atoms. The van der Waals surface area contributed by atoms with Gasteiger partial charge in [0, 0.05) is 31.9 Å². The Morgan fingerprint density at radius 3 is 2.17 bits per heavy atom. The number of nitrogens with zero attached hydrogens (tertiary/aromatic N) is 2. The molecule has 1 aromatic carbocycles. The lowest BCUT2D eigenvalue weighted by Gasteiger charge is -2.35. The maximum atomic E-state index is 12.6. The molecule has 2 heterocycles. The Kier molecular flexibility index (Phi) is 4.74. The molecule has 0 aliphatic carbocycles. The lowest BCUT2D eigenvalue weighted by atomic mass is 10.2. The van der Waals surface area contributed by atoms with E-state index in [0.29, 0.717) is 26.2 Å². The SMILES string of the molecule is O=S(c1cccs1)N1CCN(c2ccc(C(F)(F)F)cc2)CC1. The van der Waals surface area contributed by atoms with E-state index in [2.05, 4.69) is 0 Å². The van der Waals surface area contributed by atoms with Crippen molar-refractivity contribution in [2.45, 2.75) is 10.4 Å². The van der Waals surface area contributed by atoms with Crippen molar-refractivity contribution in [1.29, 1.82) is 0 Å². The van der Waals surface area contributed by atoms with Crippen LogP contribution >= 0.6 is 11.3 Å². The smallest absolute Gasteiger partial charge is 0.369 e. The predicted octanol–water partition coefficient (Wildman–Crippen LogP) is 3.61. The van der Waals surface area contributed by atoms with Gasteiger partial charge in [-0.15, -0.1) is 11.3 Å². The van der Waals surface area contributed by atoms with Gasteiger partial charge in [-0.1, -0.05) is 6.07 Å². The quantitative estimate of drug-likeness (QED) is 0.835. The van der Waals surface area contributed by atoms with Crippen LogP contribution in [-0.2, 0) is 17.2 Å². The summed E-state index contributed by atoms with van der Waals surface area (Å²) >= 11 is 1.46. The number of rotatable bonds is 3. The molecule has 1 unspecified atom stereocenters. The van der Waals surface area contributed by atoms with Crippen LogP contribution in [-0.4, -0.2) is 34.7 Å². The zero-order chi connectivity index (χ0) is 16.4. The molecule has 0 spiro atoms. The Labute approximate surface area is 138 Å². The van der Waals surface area contributed by atoms with Crippen LogP contribution in [0.3, 0.4) is 0 Å². The third-order valence-electron chi connectivity index (χ3n) is 3.70. The van der Waals surface area contributed by atoms with Crippen molar-refractivity contribution in [1.82, 2.24) is 4.31 Å². The monoisotopic (exact) mass is 360 g/mol. The molecule has 1 saturated heterocycles. The van der Waals surface area contributed by atoms with E-state index in [4.69, 9.17) is 0 Å². The van der Waals surface area contributed by atoms with Gasteiger partial charge in [-0.2, -0.15) is 13.2 Å². The van der Waals surface area contributed by atoms with Crippen LogP contribution in [0, 0.1) is 0 Å². The summed E-state index contributed by atoms with van der Waals surface area (Å²) < 4.78 is 52.8. The zero-order valence-corrected chi connectivity index (χ0v) is 13.8. The molecule has 0 N–H and O–H groups in total. The second-order valence-corrected chi connectivity index (χ2v) is 7.80. The van der Waals surface area contributed by atoms with Gasteiger partial charge in [0.2, 0.25) is 0 Å². The molecular formula is C15H15F3N2OS2. The van der Waals surface area contributed by atoms with Crippen LogP contribution in [0.5, 0.6) is 0 Å². The Hall–Kier alpha value is -1.38. The van der Waals surface area contributed by atoms with E-state index in [1.807, 2.05) is 26.7 Å². The van der Waals surface area contributed by atoms with E-state index >= 15 is 0 Å². The second kappa shape index (κ2) is 6.62. The Morgan fingerprint density at radius 2 is 1.65 bits per heavy atom. The number of halogens is 3. The summed E-state index contributed by atoms with van der Waals surface area (Å²) in [4.78, 5) is 2.02. The van der Waals surface area contributed by atoms with Gasteiger partial charge in [-0.3, -0.25) is 0 Å². The summed E-state index contributed by atoms with van der Waals surface area (Å²) in [6.45, 7) is 2.52. The summed E-state index contributed by atoms with van der Waals surface area (Å²) in [6.07, 6.45) is -4.31. The number of piperazine rings is 1. The number of alkyl halides is 3. The molecule has 3 rings (SSSR count). The molecule has 1 aliphatic rings. The molecule has 0 amide bonds. The minimum absolute atomic E-state index is 0.617. The highest BCUT2D eigenvalue weighted by molar-refractivity contribution is 7.85. The fourth-order valence-corrected chi connectivity index (χ4v) is 4.67.